The number of hydrogen-bond donors (Lipinski definition) is 2. The van der Waals surface area contributed by atoms with Crippen LogP contribution in [0.25, 0.3) is 0 Å². The number of carbonyl (C=O) groups is 1. The molecule has 1 aliphatic heterocycles. The zero-order chi connectivity index (χ0) is 15.4. The van der Waals surface area contributed by atoms with E-state index in [9.17, 15) is 4.79 Å². The number of rotatable bonds is 4. The molecule has 1 aromatic carbocycles. The van der Waals surface area contributed by atoms with Gasteiger partial charge < -0.3 is 16.0 Å². The fourth-order valence-corrected chi connectivity index (χ4v) is 2.68. The average molecular weight is 290 g/mol. The normalized spacial score (nSPS) is 20.5. The molecule has 1 atom stereocenters. The Kier molecular flexibility index (Phi) is 5.33. The lowest BCUT2D eigenvalue weighted by Gasteiger charge is -2.39. The molecule has 1 unspecified atom stereocenters. The lowest BCUT2D eigenvalue weighted by atomic mass is 10.1. The second-order valence-electron chi connectivity index (χ2n) is 5.97. The Morgan fingerprint density at radius 3 is 2.76 bits per heavy atom. The number of nitrogens with one attached hydrogen (secondary N) is 1. The smallest absolute Gasteiger partial charge is 0.238 e. The molecule has 0 spiro atoms. The fourth-order valence-electron chi connectivity index (χ4n) is 2.68. The van der Waals surface area contributed by atoms with Crippen LogP contribution in [0.15, 0.2) is 18.2 Å². The molecule has 0 aliphatic carbocycles. The van der Waals surface area contributed by atoms with Gasteiger partial charge in [0.15, 0.2) is 0 Å². The Labute approximate surface area is 127 Å². The van der Waals surface area contributed by atoms with E-state index in [0.717, 1.165) is 25.3 Å². The Morgan fingerprint density at radius 1 is 1.33 bits per heavy atom. The van der Waals surface area contributed by atoms with Crippen molar-refractivity contribution in [1.29, 1.82) is 0 Å². The summed E-state index contributed by atoms with van der Waals surface area (Å²) in [5, 5.41) is 2.98. The van der Waals surface area contributed by atoms with Gasteiger partial charge in [-0.25, -0.2) is 0 Å². The van der Waals surface area contributed by atoms with E-state index >= 15 is 0 Å². The SMILES string of the molecule is Cc1ccc(NC(=O)CN2CCN(C)CC2CN)cc1C. The predicted molar refractivity (Wildman–Crippen MR) is 86.5 cm³/mol. The number of anilines is 1. The van der Waals surface area contributed by atoms with E-state index in [1.807, 2.05) is 18.2 Å². The van der Waals surface area contributed by atoms with Crippen LogP contribution in [0.2, 0.25) is 0 Å². The molecule has 1 saturated heterocycles. The van der Waals surface area contributed by atoms with Gasteiger partial charge in [0.25, 0.3) is 0 Å². The van der Waals surface area contributed by atoms with Crippen LogP contribution in [0, 0.1) is 13.8 Å². The third-order valence-corrected chi connectivity index (χ3v) is 4.22. The summed E-state index contributed by atoms with van der Waals surface area (Å²) in [5.74, 6) is 0.0289. The number of amides is 1. The van der Waals surface area contributed by atoms with E-state index in [0.29, 0.717) is 13.1 Å². The van der Waals surface area contributed by atoms with E-state index in [2.05, 4.69) is 36.0 Å². The molecule has 116 valence electrons. The number of likely N-dealkylation sites (N-methyl/N-ethyl adjacent to an activating group) is 1. The van der Waals surface area contributed by atoms with Crippen LogP contribution in [0.4, 0.5) is 5.69 Å². The van der Waals surface area contributed by atoms with Crippen molar-refractivity contribution in [3.05, 3.63) is 29.3 Å². The first-order valence-electron chi connectivity index (χ1n) is 7.49. The molecule has 1 aromatic rings. The van der Waals surface area contributed by atoms with E-state index in [1.165, 1.54) is 11.1 Å². The summed E-state index contributed by atoms with van der Waals surface area (Å²) in [6.07, 6.45) is 0. The summed E-state index contributed by atoms with van der Waals surface area (Å²) >= 11 is 0. The highest BCUT2D eigenvalue weighted by Crippen LogP contribution is 2.14. The molecule has 1 heterocycles. The monoisotopic (exact) mass is 290 g/mol. The first-order valence-corrected chi connectivity index (χ1v) is 7.49. The molecular formula is C16H26N4O. The largest absolute Gasteiger partial charge is 0.329 e. The van der Waals surface area contributed by atoms with Gasteiger partial charge in [-0.1, -0.05) is 6.07 Å². The second-order valence-corrected chi connectivity index (χ2v) is 5.97. The zero-order valence-corrected chi connectivity index (χ0v) is 13.2. The maximum absolute atomic E-state index is 12.2. The molecule has 1 fully saturated rings. The summed E-state index contributed by atoms with van der Waals surface area (Å²) in [4.78, 5) is 16.6. The van der Waals surface area contributed by atoms with Crippen molar-refractivity contribution in [3.8, 4) is 0 Å². The molecule has 21 heavy (non-hydrogen) atoms. The van der Waals surface area contributed by atoms with Crippen LogP contribution in [-0.4, -0.2) is 61.5 Å². The number of nitrogens with two attached hydrogens (primary N) is 1. The van der Waals surface area contributed by atoms with Crippen LogP contribution >= 0.6 is 0 Å². The predicted octanol–water partition coefficient (Wildman–Crippen LogP) is 0.817. The van der Waals surface area contributed by atoms with Gasteiger partial charge in [0.05, 0.1) is 6.54 Å². The average Bonchev–Trinajstić information content (AvgIpc) is 2.44. The van der Waals surface area contributed by atoms with E-state index in [-0.39, 0.29) is 11.9 Å². The molecule has 5 nitrogen and oxygen atoms in total. The third-order valence-electron chi connectivity index (χ3n) is 4.22. The van der Waals surface area contributed by atoms with Crippen LogP contribution in [0.3, 0.4) is 0 Å². The van der Waals surface area contributed by atoms with Crippen LogP contribution in [0.1, 0.15) is 11.1 Å². The first kappa shape index (κ1) is 15.9. The second kappa shape index (κ2) is 7.02. The number of piperazine rings is 1. The maximum Gasteiger partial charge on any atom is 0.238 e. The van der Waals surface area contributed by atoms with Gasteiger partial charge in [-0.15, -0.1) is 0 Å². The zero-order valence-electron chi connectivity index (χ0n) is 13.2. The van der Waals surface area contributed by atoms with Gasteiger partial charge in [-0.2, -0.15) is 0 Å². The van der Waals surface area contributed by atoms with Gasteiger partial charge in [-0.3, -0.25) is 9.69 Å². The lowest BCUT2D eigenvalue weighted by Crippen LogP contribution is -2.56. The van der Waals surface area contributed by atoms with Crippen molar-refractivity contribution in [3.63, 3.8) is 0 Å². The Hall–Kier alpha value is -1.43. The lowest BCUT2D eigenvalue weighted by molar-refractivity contribution is -0.118. The first-order chi connectivity index (χ1) is 9.99. The minimum Gasteiger partial charge on any atom is -0.329 e. The van der Waals surface area contributed by atoms with Crippen molar-refractivity contribution in [2.45, 2.75) is 19.9 Å². The minimum atomic E-state index is 0.0289. The number of hydrogen-bond acceptors (Lipinski definition) is 4. The standard InChI is InChI=1S/C16H26N4O/c1-12-4-5-14(8-13(12)2)18-16(21)11-20-7-6-19(3)10-15(20)9-17/h4-5,8,15H,6-7,9-11,17H2,1-3H3,(H,18,21). The summed E-state index contributed by atoms with van der Waals surface area (Å²) in [6, 6.07) is 6.25. The molecule has 2 rings (SSSR count). The molecule has 0 saturated carbocycles. The molecule has 1 aliphatic rings. The number of nitrogens with zero attached hydrogens (tertiary/aromatic N) is 2. The van der Waals surface area contributed by atoms with Gasteiger partial charge in [-0.05, 0) is 44.2 Å². The molecule has 0 aromatic heterocycles. The Bertz CT molecular complexity index is 503. The van der Waals surface area contributed by atoms with Gasteiger partial charge >= 0.3 is 0 Å². The van der Waals surface area contributed by atoms with E-state index in [1.54, 1.807) is 0 Å². The number of aryl methyl sites for hydroxylation is 2. The van der Waals surface area contributed by atoms with Crippen LogP contribution in [-0.2, 0) is 4.79 Å². The molecule has 0 bridgehead atoms. The number of benzene rings is 1. The molecular weight excluding hydrogens is 264 g/mol. The highest BCUT2D eigenvalue weighted by Gasteiger charge is 2.25. The summed E-state index contributed by atoms with van der Waals surface area (Å²) in [7, 11) is 2.09. The van der Waals surface area contributed by atoms with E-state index in [4.69, 9.17) is 5.73 Å². The number of carbonyl (C=O) groups excluding carboxylic acids is 1. The summed E-state index contributed by atoms with van der Waals surface area (Å²) < 4.78 is 0. The Balaban J connectivity index is 1.93. The maximum atomic E-state index is 12.2. The van der Waals surface area contributed by atoms with Crippen LogP contribution < -0.4 is 11.1 Å². The topological polar surface area (TPSA) is 61.6 Å². The van der Waals surface area contributed by atoms with Crippen LogP contribution in [0.5, 0.6) is 0 Å². The van der Waals surface area contributed by atoms with Gasteiger partial charge in [0.1, 0.15) is 0 Å². The van der Waals surface area contributed by atoms with Crippen molar-refractivity contribution in [1.82, 2.24) is 9.80 Å². The third kappa shape index (κ3) is 4.27. The Morgan fingerprint density at radius 2 is 2.10 bits per heavy atom. The molecule has 1 amide bonds. The van der Waals surface area contributed by atoms with Crippen molar-refractivity contribution < 1.29 is 4.79 Å². The summed E-state index contributed by atoms with van der Waals surface area (Å²) in [5.41, 5.74) is 9.10. The van der Waals surface area contributed by atoms with Crippen molar-refractivity contribution >= 4 is 11.6 Å². The van der Waals surface area contributed by atoms with Crippen molar-refractivity contribution in [2.24, 2.45) is 5.73 Å². The highest BCUT2D eigenvalue weighted by atomic mass is 16.2. The molecule has 3 N–H and O–H groups in total. The van der Waals surface area contributed by atoms with Gasteiger partial charge in [0, 0.05) is 37.9 Å². The van der Waals surface area contributed by atoms with Gasteiger partial charge in [0.2, 0.25) is 5.91 Å². The minimum absolute atomic E-state index is 0.0289. The highest BCUT2D eigenvalue weighted by molar-refractivity contribution is 5.92. The van der Waals surface area contributed by atoms with Crippen molar-refractivity contribution in [2.75, 3.05) is 45.1 Å². The fraction of sp³-hybridized carbons (Fsp3) is 0.562. The molecule has 5 heteroatoms. The summed E-state index contributed by atoms with van der Waals surface area (Å²) in [6.45, 7) is 7.90. The quantitative estimate of drug-likeness (QED) is 0.862. The van der Waals surface area contributed by atoms with E-state index < -0.39 is 0 Å². The molecule has 0 radical (unpaired) electrons.